The summed E-state index contributed by atoms with van der Waals surface area (Å²) < 4.78 is 5.86. The van der Waals surface area contributed by atoms with Gasteiger partial charge >= 0.3 is 6.03 Å². The van der Waals surface area contributed by atoms with Crippen LogP contribution in [0.2, 0.25) is 5.02 Å². The summed E-state index contributed by atoms with van der Waals surface area (Å²) in [6.07, 6.45) is 1.48. The van der Waals surface area contributed by atoms with Gasteiger partial charge in [-0.3, -0.25) is 0 Å². The summed E-state index contributed by atoms with van der Waals surface area (Å²) in [6, 6.07) is 7.46. The topological polar surface area (TPSA) is 70.6 Å². The van der Waals surface area contributed by atoms with E-state index in [4.69, 9.17) is 16.3 Å². The molecule has 1 fully saturated rings. The first kappa shape index (κ1) is 19.2. The Morgan fingerprint density at radius 3 is 2.89 bits per heavy atom. The molecule has 1 atom stereocenters. The van der Waals surface area contributed by atoms with Gasteiger partial charge in [0, 0.05) is 38.3 Å². The second-order valence-corrected chi connectivity index (χ2v) is 6.98. The van der Waals surface area contributed by atoms with E-state index in [1.807, 2.05) is 37.8 Å². The molecule has 2 aromatic rings. The fraction of sp³-hybridized carbons (Fsp3) is 0.421. The Bertz CT molecular complexity index is 816. The third-order valence-corrected chi connectivity index (χ3v) is 4.78. The lowest BCUT2D eigenvalue weighted by atomic mass is 10.2. The van der Waals surface area contributed by atoms with Crippen molar-refractivity contribution >= 4 is 23.4 Å². The highest BCUT2D eigenvalue weighted by molar-refractivity contribution is 6.32. The zero-order valence-electron chi connectivity index (χ0n) is 15.8. The molecule has 0 radical (unpaired) electrons. The minimum absolute atomic E-state index is 0.0227. The number of carbonyl (C=O) groups is 1. The average Bonchev–Trinajstić information content (AvgIpc) is 2.65. The minimum atomic E-state index is -0.0227. The molecule has 3 rings (SSSR count). The van der Waals surface area contributed by atoms with Crippen LogP contribution in [0.4, 0.5) is 10.6 Å². The number of hydrogen-bond acceptors (Lipinski definition) is 5. The first-order valence-corrected chi connectivity index (χ1v) is 9.41. The van der Waals surface area contributed by atoms with E-state index >= 15 is 0 Å². The van der Waals surface area contributed by atoms with E-state index in [0.29, 0.717) is 42.8 Å². The Balaban J connectivity index is 1.71. The summed E-state index contributed by atoms with van der Waals surface area (Å²) in [5, 5.41) is 3.39. The van der Waals surface area contributed by atoms with Gasteiger partial charge in [0.25, 0.3) is 0 Å². The molecule has 1 aliphatic heterocycles. The molecule has 2 amide bonds. The van der Waals surface area contributed by atoms with E-state index in [2.05, 4.69) is 20.2 Å². The molecule has 1 N–H and O–H groups in total. The van der Waals surface area contributed by atoms with Crippen molar-refractivity contribution in [2.75, 3.05) is 31.1 Å². The van der Waals surface area contributed by atoms with Crippen LogP contribution in [0.5, 0.6) is 11.6 Å². The highest BCUT2D eigenvalue weighted by Crippen LogP contribution is 2.30. The maximum Gasteiger partial charge on any atom is 0.317 e. The van der Waals surface area contributed by atoms with Crippen LogP contribution in [0.1, 0.15) is 19.4 Å². The fourth-order valence-corrected chi connectivity index (χ4v) is 3.24. The van der Waals surface area contributed by atoms with E-state index in [9.17, 15) is 4.79 Å². The van der Waals surface area contributed by atoms with Gasteiger partial charge in [-0.05, 0) is 38.5 Å². The van der Waals surface area contributed by atoms with Crippen molar-refractivity contribution in [3.63, 3.8) is 0 Å². The van der Waals surface area contributed by atoms with Crippen LogP contribution in [0.3, 0.4) is 0 Å². The number of aryl methyl sites for hydroxylation is 1. The Morgan fingerprint density at radius 1 is 1.33 bits per heavy atom. The van der Waals surface area contributed by atoms with E-state index in [1.54, 1.807) is 12.1 Å². The number of benzene rings is 1. The smallest absolute Gasteiger partial charge is 0.317 e. The number of ether oxygens (including phenoxy) is 1. The lowest BCUT2D eigenvalue weighted by Gasteiger charge is -2.40. The maximum absolute atomic E-state index is 12.1. The van der Waals surface area contributed by atoms with Crippen molar-refractivity contribution in [1.82, 2.24) is 20.2 Å². The van der Waals surface area contributed by atoms with Crippen LogP contribution >= 0.6 is 11.6 Å². The minimum Gasteiger partial charge on any atom is -0.437 e. The summed E-state index contributed by atoms with van der Waals surface area (Å²) in [6.45, 7) is 8.58. The zero-order valence-corrected chi connectivity index (χ0v) is 16.5. The molecule has 0 unspecified atom stereocenters. The molecular formula is C19H24ClN5O2. The average molecular weight is 390 g/mol. The number of carbonyl (C=O) groups excluding carboxylic acids is 1. The Labute approximate surface area is 164 Å². The number of halogens is 1. The summed E-state index contributed by atoms with van der Waals surface area (Å²) in [4.78, 5) is 24.7. The van der Waals surface area contributed by atoms with Gasteiger partial charge in [0.15, 0.2) is 0 Å². The fourth-order valence-electron chi connectivity index (χ4n) is 3.08. The number of piperazine rings is 1. The van der Waals surface area contributed by atoms with Crippen LogP contribution < -0.4 is 15.0 Å². The van der Waals surface area contributed by atoms with Gasteiger partial charge in [0.1, 0.15) is 17.9 Å². The van der Waals surface area contributed by atoms with Crippen LogP contribution in [-0.4, -0.2) is 53.1 Å². The van der Waals surface area contributed by atoms with E-state index in [1.165, 1.54) is 6.33 Å². The van der Waals surface area contributed by atoms with Crippen LogP contribution in [0.25, 0.3) is 0 Å². The molecule has 0 bridgehead atoms. The summed E-state index contributed by atoms with van der Waals surface area (Å²) in [5.41, 5.74) is 1.05. The molecule has 8 heteroatoms. The van der Waals surface area contributed by atoms with Gasteiger partial charge in [0.2, 0.25) is 5.88 Å². The second kappa shape index (κ2) is 8.43. The number of nitrogens with zero attached hydrogens (tertiary/aromatic N) is 4. The lowest BCUT2D eigenvalue weighted by Crippen LogP contribution is -2.56. The quantitative estimate of drug-likeness (QED) is 0.866. The molecule has 0 spiro atoms. The van der Waals surface area contributed by atoms with Crippen molar-refractivity contribution in [3.8, 4) is 11.6 Å². The summed E-state index contributed by atoms with van der Waals surface area (Å²) in [7, 11) is 0. The Hall–Kier alpha value is -2.54. The molecule has 27 heavy (non-hydrogen) atoms. The molecule has 1 aromatic carbocycles. The number of anilines is 1. The first-order valence-electron chi connectivity index (χ1n) is 9.03. The van der Waals surface area contributed by atoms with E-state index in [0.717, 1.165) is 11.4 Å². The van der Waals surface area contributed by atoms with Gasteiger partial charge in [-0.15, -0.1) is 0 Å². The molecule has 0 aliphatic carbocycles. The van der Waals surface area contributed by atoms with E-state index in [-0.39, 0.29) is 12.1 Å². The zero-order chi connectivity index (χ0) is 19.4. The molecule has 1 saturated heterocycles. The third kappa shape index (κ3) is 4.60. The van der Waals surface area contributed by atoms with Crippen LogP contribution in [0, 0.1) is 6.92 Å². The van der Waals surface area contributed by atoms with Crippen LogP contribution in [-0.2, 0) is 0 Å². The molecule has 1 aliphatic rings. The van der Waals surface area contributed by atoms with Gasteiger partial charge in [0.05, 0.1) is 5.02 Å². The van der Waals surface area contributed by atoms with Gasteiger partial charge < -0.3 is 19.9 Å². The number of urea groups is 1. The van der Waals surface area contributed by atoms with E-state index < -0.39 is 0 Å². The number of hydrogen-bond donors (Lipinski definition) is 1. The predicted molar refractivity (Wildman–Crippen MR) is 106 cm³/mol. The molecular weight excluding hydrogens is 366 g/mol. The van der Waals surface area contributed by atoms with Crippen molar-refractivity contribution in [1.29, 1.82) is 0 Å². The van der Waals surface area contributed by atoms with Crippen molar-refractivity contribution in [3.05, 3.63) is 41.2 Å². The van der Waals surface area contributed by atoms with Gasteiger partial charge in [-0.25, -0.2) is 14.8 Å². The molecule has 0 saturated carbocycles. The highest BCUT2D eigenvalue weighted by atomic mass is 35.5. The summed E-state index contributed by atoms with van der Waals surface area (Å²) in [5.74, 6) is 1.77. The molecule has 1 aromatic heterocycles. The second-order valence-electron chi connectivity index (χ2n) is 6.57. The Kier molecular flexibility index (Phi) is 6.01. The number of amides is 2. The third-order valence-electron chi connectivity index (χ3n) is 4.47. The van der Waals surface area contributed by atoms with Gasteiger partial charge in [-0.2, -0.15) is 0 Å². The predicted octanol–water partition coefficient (Wildman–Crippen LogP) is 3.47. The number of nitrogens with one attached hydrogen (secondary N) is 1. The number of rotatable bonds is 4. The highest BCUT2D eigenvalue weighted by Gasteiger charge is 2.28. The van der Waals surface area contributed by atoms with Gasteiger partial charge in [-0.1, -0.05) is 17.7 Å². The normalized spacial score (nSPS) is 17.0. The maximum atomic E-state index is 12.1. The molecule has 144 valence electrons. The van der Waals surface area contributed by atoms with Crippen LogP contribution in [0.15, 0.2) is 30.6 Å². The van der Waals surface area contributed by atoms with Crippen molar-refractivity contribution in [2.24, 2.45) is 0 Å². The molecule has 2 heterocycles. The molecule has 7 nitrogen and oxygen atoms in total. The lowest BCUT2D eigenvalue weighted by molar-refractivity contribution is 0.172. The SMILES string of the molecule is CCNC(=O)N1CCN(c2cc(Oc3cc(C)ccc3Cl)ncn2)C[C@@H]1C. The number of aromatic nitrogens is 2. The van der Waals surface area contributed by atoms with Crippen molar-refractivity contribution in [2.45, 2.75) is 26.8 Å². The monoisotopic (exact) mass is 389 g/mol. The first-order chi connectivity index (χ1) is 13.0. The largest absolute Gasteiger partial charge is 0.437 e. The standard InChI is InChI=1S/C19H24ClN5O2/c1-4-21-19(26)25-8-7-24(11-14(25)3)17-10-18(23-12-22-17)27-16-9-13(2)5-6-15(16)20/h5-6,9-10,12,14H,4,7-8,11H2,1-3H3,(H,21,26)/t14-/m0/s1. The van der Waals surface area contributed by atoms with Crippen molar-refractivity contribution < 1.29 is 9.53 Å². The summed E-state index contributed by atoms with van der Waals surface area (Å²) >= 11 is 6.20. The Morgan fingerprint density at radius 2 is 2.15 bits per heavy atom.